The second kappa shape index (κ2) is 10.2. The van der Waals surface area contributed by atoms with Crippen molar-refractivity contribution in [3.63, 3.8) is 0 Å². The van der Waals surface area contributed by atoms with Gasteiger partial charge in [-0.1, -0.05) is 0 Å². The fourth-order valence-electron chi connectivity index (χ4n) is 3.06. The number of methoxy groups -OCH3 is 2. The summed E-state index contributed by atoms with van der Waals surface area (Å²) in [6, 6.07) is 3.16. The van der Waals surface area contributed by atoms with Crippen molar-refractivity contribution < 1.29 is 49.6 Å². The van der Waals surface area contributed by atoms with E-state index < -0.39 is 43.4 Å². The smallest absolute Gasteiger partial charge is 0.200 e. The fourth-order valence-corrected chi connectivity index (χ4v) is 3.06. The second-order valence-corrected chi connectivity index (χ2v) is 6.52. The molecule has 1 aromatic carbocycles. The van der Waals surface area contributed by atoms with Crippen molar-refractivity contribution in [1.29, 1.82) is 0 Å². The Morgan fingerprint density at radius 2 is 1.61 bits per heavy atom. The average Bonchev–Trinajstić information content (AvgIpc) is 2.69. The first-order valence-corrected chi connectivity index (χ1v) is 8.86. The van der Waals surface area contributed by atoms with Crippen LogP contribution in [0.1, 0.15) is 12.0 Å². The van der Waals surface area contributed by atoms with Gasteiger partial charge in [-0.2, -0.15) is 0 Å². The lowest BCUT2D eigenvalue weighted by molar-refractivity contribution is -0.311. The minimum absolute atomic E-state index is 0.151. The topological polar surface area (TPSA) is 158 Å². The number of phenolic OH excluding ortho intramolecular Hbond substituents is 1. The van der Waals surface area contributed by atoms with E-state index in [1.54, 1.807) is 12.1 Å². The van der Waals surface area contributed by atoms with Crippen molar-refractivity contribution in [1.82, 2.24) is 0 Å². The maximum atomic E-state index is 10.1. The molecule has 6 N–H and O–H groups in total. The first kappa shape index (κ1) is 22.6. The summed E-state index contributed by atoms with van der Waals surface area (Å²) in [6.07, 6.45) is -7.21. The number of rotatable bonds is 9. The Bertz CT molecular complexity index is 597. The maximum absolute atomic E-state index is 10.1. The van der Waals surface area contributed by atoms with Gasteiger partial charge in [0.25, 0.3) is 0 Å². The lowest BCUT2D eigenvalue weighted by Gasteiger charge is -2.40. The zero-order chi connectivity index (χ0) is 20.8. The molecule has 10 heteroatoms. The Balaban J connectivity index is 2.17. The van der Waals surface area contributed by atoms with Gasteiger partial charge in [0.05, 0.1) is 26.9 Å². The van der Waals surface area contributed by atoms with Crippen LogP contribution in [0.2, 0.25) is 0 Å². The van der Waals surface area contributed by atoms with Crippen LogP contribution < -0.4 is 9.47 Å². The van der Waals surface area contributed by atoms with Gasteiger partial charge in [-0.15, -0.1) is 0 Å². The maximum Gasteiger partial charge on any atom is 0.200 e. The average molecular weight is 404 g/mol. The van der Waals surface area contributed by atoms with E-state index in [9.17, 15) is 30.6 Å². The Hall–Kier alpha value is -1.66. The Labute approximate surface area is 162 Å². The van der Waals surface area contributed by atoms with E-state index in [1.807, 2.05) is 0 Å². The van der Waals surface area contributed by atoms with E-state index in [0.717, 1.165) is 0 Å². The first-order valence-electron chi connectivity index (χ1n) is 8.86. The fraction of sp³-hybridized carbons (Fsp3) is 0.667. The number of aromatic hydroxyl groups is 1. The van der Waals surface area contributed by atoms with Crippen LogP contribution in [-0.2, 0) is 15.9 Å². The third-order valence-corrected chi connectivity index (χ3v) is 4.63. The quantitative estimate of drug-likeness (QED) is 0.287. The van der Waals surface area contributed by atoms with Gasteiger partial charge in [0.15, 0.2) is 17.8 Å². The molecule has 10 nitrogen and oxygen atoms in total. The molecular weight excluding hydrogens is 376 g/mol. The molecule has 6 atom stereocenters. The molecular formula is C18H28O10. The molecule has 0 radical (unpaired) electrons. The number of ether oxygens (including phenoxy) is 4. The molecule has 0 aliphatic carbocycles. The minimum Gasteiger partial charge on any atom is -0.502 e. The number of hydrogen-bond acceptors (Lipinski definition) is 10. The molecule has 0 amide bonds. The van der Waals surface area contributed by atoms with Crippen molar-refractivity contribution in [2.45, 2.75) is 49.7 Å². The third-order valence-electron chi connectivity index (χ3n) is 4.63. The standard InChI is InChI=1S/C18H28O10/c1-25-11-6-9(7-12(26-2)14(11)21)5-10(3-4-19)27-18-17(24)16(23)15(22)13(8-20)28-18/h6-7,10,13,15-24H,3-5,8H2,1-2H3/t10?,13-,15-,16+,17-,18-/m1/s1. The highest BCUT2D eigenvalue weighted by molar-refractivity contribution is 5.52. The molecule has 1 aliphatic heterocycles. The predicted octanol–water partition coefficient (Wildman–Crippen LogP) is -1.48. The molecule has 0 bridgehead atoms. The molecule has 1 heterocycles. The van der Waals surface area contributed by atoms with Crippen LogP contribution in [0.15, 0.2) is 12.1 Å². The second-order valence-electron chi connectivity index (χ2n) is 6.52. The van der Waals surface area contributed by atoms with Crippen LogP contribution in [0.4, 0.5) is 0 Å². The van der Waals surface area contributed by atoms with Crippen molar-refractivity contribution in [2.75, 3.05) is 27.4 Å². The molecule has 1 aromatic rings. The van der Waals surface area contributed by atoms with Crippen LogP contribution in [0.25, 0.3) is 0 Å². The summed E-state index contributed by atoms with van der Waals surface area (Å²) in [6.45, 7) is -0.781. The van der Waals surface area contributed by atoms with E-state index in [1.165, 1.54) is 14.2 Å². The lowest BCUT2D eigenvalue weighted by Crippen LogP contribution is -2.59. The molecule has 0 spiro atoms. The van der Waals surface area contributed by atoms with Gasteiger partial charge in [-0.3, -0.25) is 0 Å². The van der Waals surface area contributed by atoms with Gasteiger partial charge < -0.3 is 49.6 Å². The van der Waals surface area contributed by atoms with Crippen LogP contribution in [-0.4, -0.2) is 94.9 Å². The highest BCUT2D eigenvalue weighted by Gasteiger charge is 2.44. The number of phenols is 1. The van der Waals surface area contributed by atoms with Crippen molar-refractivity contribution in [2.24, 2.45) is 0 Å². The van der Waals surface area contributed by atoms with Crippen LogP contribution in [0.5, 0.6) is 17.2 Å². The Kier molecular flexibility index (Phi) is 8.25. The normalized spacial score (nSPS) is 28.8. The van der Waals surface area contributed by atoms with Crippen molar-refractivity contribution in [3.8, 4) is 17.2 Å². The summed E-state index contributed by atoms with van der Waals surface area (Å²) in [7, 11) is 2.79. The highest BCUT2D eigenvalue weighted by Crippen LogP contribution is 2.37. The van der Waals surface area contributed by atoms with E-state index in [0.29, 0.717) is 5.56 Å². The van der Waals surface area contributed by atoms with Gasteiger partial charge >= 0.3 is 0 Å². The van der Waals surface area contributed by atoms with E-state index >= 15 is 0 Å². The van der Waals surface area contributed by atoms with Crippen LogP contribution in [0.3, 0.4) is 0 Å². The minimum atomic E-state index is -1.56. The van der Waals surface area contributed by atoms with Crippen LogP contribution in [0, 0.1) is 0 Å². The number of benzene rings is 1. The van der Waals surface area contributed by atoms with Gasteiger partial charge in [0, 0.05) is 6.61 Å². The van der Waals surface area contributed by atoms with Gasteiger partial charge in [0.1, 0.15) is 24.4 Å². The zero-order valence-electron chi connectivity index (χ0n) is 15.8. The molecule has 160 valence electrons. The molecule has 1 fully saturated rings. The molecule has 1 unspecified atom stereocenters. The molecule has 2 rings (SSSR count). The summed E-state index contributed by atoms with van der Waals surface area (Å²) in [5, 5.41) is 58.5. The SMILES string of the molecule is COc1cc(CC(CCO)O[C@@H]2O[C@H](CO)[C@@H](O)[C@H](O)[C@H]2O)cc(OC)c1O. The monoisotopic (exact) mass is 404 g/mol. The van der Waals surface area contributed by atoms with E-state index in [4.69, 9.17) is 18.9 Å². The zero-order valence-corrected chi connectivity index (χ0v) is 15.8. The summed E-state index contributed by atoms with van der Waals surface area (Å²) in [5.41, 5.74) is 0.662. The number of aliphatic hydroxyl groups is 5. The van der Waals surface area contributed by atoms with Gasteiger partial charge in [-0.05, 0) is 30.5 Å². The number of aliphatic hydroxyl groups excluding tert-OH is 5. The molecule has 28 heavy (non-hydrogen) atoms. The molecule has 1 saturated heterocycles. The Morgan fingerprint density at radius 1 is 1.00 bits per heavy atom. The van der Waals surface area contributed by atoms with E-state index in [2.05, 4.69) is 0 Å². The Morgan fingerprint density at radius 3 is 2.11 bits per heavy atom. The highest BCUT2D eigenvalue weighted by atomic mass is 16.7. The summed E-state index contributed by atoms with van der Waals surface area (Å²) < 4.78 is 21.3. The van der Waals surface area contributed by atoms with Crippen LogP contribution >= 0.6 is 0 Å². The summed E-state index contributed by atoms with van der Waals surface area (Å²) in [5.74, 6) is 0.247. The largest absolute Gasteiger partial charge is 0.502 e. The lowest BCUT2D eigenvalue weighted by atomic mass is 9.99. The van der Waals surface area contributed by atoms with Crippen molar-refractivity contribution in [3.05, 3.63) is 17.7 Å². The first-order chi connectivity index (χ1) is 13.4. The van der Waals surface area contributed by atoms with Gasteiger partial charge in [0.2, 0.25) is 5.75 Å². The predicted molar refractivity (Wildman–Crippen MR) is 95.3 cm³/mol. The number of hydrogen-bond donors (Lipinski definition) is 6. The summed E-state index contributed by atoms with van der Waals surface area (Å²) >= 11 is 0. The molecule has 1 aliphatic rings. The molecule has 0 saturated carbocycles. The summed E-state index contributed by atoms with van der Waals surface area (Å²) in [4.78, 5) is 0. The molecule has 0 aromatic heterocycles. The van der Waals surface area contributed by atoms with E-state index in [-0.39, 0.29) is 36.7 Å². The van der Waals surface area contributed by atoms with Crippen molar-refractivity contribution >= 4 is 0 Å². The third kappa shape index (κ3) is 5.03. The van der Waals surface area contributed by atoms with Gasteiger partial charge in [-0.25, -0.2) is 0 Å².